The third-order valence-electron chi connectivity index (χ3n) is 5.34. The van der Waals surface area contributed by atoms with Gasteiger partial charge in [0.1, 0.15) is 6.54 Å². The second kappa shape index (κ2) is 11.5. The molecule has 0 unspecified atom stereocenters. The second-order valence-corrected chi connectivity index (χ2v) is 10.2. The van der Waals surface area contributed by atoms with E-state index in [1.54, 1.807) is 26.0 Å². The molecule has 0 aliphatic carbocycles. The van der Waals surface area contributed by atoms with Gasteiger partial charge in [-0.05, 0) is 66.9 Å². The van der Waals surface area contributed by atoms with Crippen molar-refractivity contribution in [2.75, 3.05) is 25.1 Å². The molecule has 38 heavy (non-hydrogen) atoms. The summed E-state index contributed by atoms with van der Waals surface area (Å²) < 4.78 is 77.5. The maximum absolute atomic E-state index is 13.7. The van der Waals surface area contributed by atoms with Gasteiger partial charge in [0.15, 0.2) is 11.5 Å². The Labute approximate surface area is 218 Å². The van der Waals surface area contributed by atoms with Crippen LogP contribution in [0, 0.1) is 13.8 Å². The fourth-order valence-corrected chi connectivity index (χ4v) is 5.07. The smallest absolute Gasteiger partial charge is 0.416 e. The van der Waals surface area contributed by atoms with Crippen molar-refractivity contribution in [1.29, 1.82) is 0 Å². The number of sulfonamides is 1. The number of rotatable bonds is 9. The van der Waals surface area contributed by atoms with Gasteiger partial charge >= 0.3 is 6.18 Å². The molecule has 1 N–H and O–H groups in total. The van der Waals surface area contributed by atoms with E-state index < -0.39 is 34.2 Å². The summed E-state index contributed by atoms with van der Waals surface area (Å²) in [6.07, 6.45) is -3.49. The number of methoxy groups -OCH3 is 2. The Balaban J connectivity index is 1.91. The van der Waals surface area contributed by atoms with Gasteiger partial charge in [0.25, 0.3) is 15.9 Å². The highest BCUT2D eigenvalue weighted by Gasteiger charge is 2.30. The van der Waals surface area contributed by atoms with E-state index in [9.17, 15) is 26.4 Å². The zero-order chi connectivity index (χ0) is 28.1. The van der Waals surface area contributed by atoms with Gasteiger partial charge in [-0.2, -0.15) is 18.3 Å². The van der Waals surface area contributed by atoms with Crippen LogP contribution in [0.5, 0.6) is 11.5 Å². The molecule has 1 amide bonds. The number of hydrazone groups is 1. The molecule has 0 aliphatic heterocycles. The van der Waals surface area contributed by atoms with Crippen molar-refractivity contribution in [2.45, 2.75) is 24.9 Å². The third-order valence-corrected chi connectivity index (χ3v) is 7.11. The minimum atomic E-state index is -4.53. The summed E-state index contributed by atoms with van der Waals surface area (Å²) >= 11 is 0. The number of carbonyl (C=O) groups excluding carboxylic acids is 1. The largest absolute Gasteiger partial charge is 0.493 e. The number of hydrogen-bond donors (Lipinski definition) is 1. The summed E-state index contributed by atoms with van der Waals surface area (Å²) in [5.74, 6) is -0.299. The Morgan fingerprint density at radius 2 is 1.63 bits per heavy atom. The van der Waals surface area contributed by atoms with Crippen molar-refractivity contribution in [3.63, 3.8) is 0 Å². The van der Waals surface area contributed by atoms with E-state index in [0.717, 1.165) is 33.8 Å². The first-order chi connectivity index (χ1) is 17.8. The molecule has 0 heterocycles. The van der Waals surface area contributed by atoms with Gasteiger partial charge in [0.2, 0.25) is 0 Å². The highest BCUT2D eigenvalue weighted by Crippen LogP contribution is 2.33. The Bertz CT molecular complexity index is 1440. The van der Waals surface area contributed by atoms with Gasteiger partial charge < -0.3 is 9.47 Å². The predicted molar refractivity (Wildman–Crippen MR) is 137 cm³/mol. The van der Waals surface area contributed by atoms with Crippen molar-refractivity contribution in [3.05, 3.63) is 82.9 Å². The molecule has 3 aromatic rings. The van der Waals surface area contributed by atoms with Crippen LogP contribution >= 0.6 is 0 Å². The molecule has 0 spiro atoms. The van der Waals surface area contributed by atoms with Crippen LogP contribution in [-0.4, -0.2) is 41.3 Å². The lowest BCUT2D eigenvalue weighted by molar-refractivity contribution is -0.137. The molecule has 0 radical (unpaired) electrons. The molecule has 0 aromatic heterocycles. The summed E-state index contributed by atoms with van der Waals surface area (Å²) in [7, 11) is -1.50. The molecule has 0 fully saturated rings. The molecule has 0 bridgehead atoms. The maximum Gasteiger partial charge on any atom is 0.416 e. The van der Waals surface area contributed by atoms with Gasteiger partial charge in [-0.15, -0.1) is 0 Å². The number of alkyl halides is 3. The van der Waals surface area contributed by atoms with Crippen LogP contribution in [-0.2, 0) is 21.0 Å². The number of aryl methyl sites for hydroxylation is 2. The second-order valence-electron chi connectivity index (χ2n) is 8.29. The van der Waals surface area contributed by atoms with E-state index in [-0.39, 0.29) is 21.9 Å². The fourth-order valence-electron chi connectivity index (χ4n) is 3.65. The third kappa shape index (κ3) is 6.82. The highest BCUT2D eigenvalue weighted by molar-refractivity contribution is 7.92. The van der Waals surface area contributed by atoms with Crippen molar-refractivity contribution < 1.29 is 35.9 Å². The number of hydrogen-bond acceptors (Lipinski definition) is 6. The lowest BCUT2D eigenvalue weighted by Gasteiger charge is -2.25. The Kier molecular flexibility index (Phi) is 8.67. The fraction of sp³-hybridized carbons (Fsp3) is 0.231. The molecule has 12 heteroatoms. The standard InChI is InChI=1S/C26H26F3N3O5S/c1-17-10-18(2)12-21(11-17)32(38(34,35)22-8-9-23(36-3)24(14-22)37-4)16-25(33)31-30-15-19-6-5-7-20(13-19)26(27,28)29/h5-15H,16H2,1-4H3,(H,31,33)/b30-15-. The Morgan fingerprint density at radius 3 is 2.24 bits per heavy atom. The number of carbonyl (C=O) groups is 1. The molecule has 3 aromatic carbocycles. The first-order valence-corrected chi connectivity index (χ1v) is 12.6. The van der Waals surface area contributed by atoms with Crippen molar-refractivity contribution in [2.24, 2.45) is 5.10 Å². The molecule has 202 valence electrons. The number of anilines is 1. The summed E-state index contributed by atoms with van der Waals surface area (Å²) in [6.45, 7) is 2.92. The number of benzene rings is 3. The van der Waals surface area contributed by atoms with Crippen LogP contribution in [0.4, 0.5) is 18.9 Å². The lowest BCUT2D eigenvalue weighted by atomic mass is 10.1. The maximum atomic E-state index is 13.7. The van der Waals surface area contributed by atoms with Crippen molar-refractivity contribution in [1.82, 2.24) is 5.43 Å². The van der Waals surface area contributed by atoms with Gasteiger partial charge in [0.05, 0.1) is 36.6 Å². The van der Waals surface area contributed by atoms with Crippen LogP contribution in [0.3, 0.4) is 0 Å². The van der Waals surface area contributed by atoms with E-state index >= 15 is 0 Å². The monoisotopic (exact) mass is 549 g/mol. The zero-order valence-corrected chi connectivity index (χ0v) is 21.9. The number of nitrogens with zero attached hydrogens (tertiary/aromatic N) is 2. The average molecular weight is 550 g/mol. The minimum absolute atomic E-state index is 0.101. The van der Waals surface area contributed by atoms with Gasteiger partial charge in [-0.25, -0.2) is 13.8 Å². The summed E-state index contributed by atoms with van der Waals surface area (Å²) in [4.78, 5) is 12.6. The molecular formula is C26H26F3N3O5S. The first kappa shape index (κ1) is 28.5. The normalized spacial score (nSPS) is 11.9. The number of nitrogens with one attached hydrogen (secondary N) is 1. The van der Waals surface area contributed by atoms with Gasteiger partial charge in [-0.3, -0.25) is 9.10 Å². The van der Waals surface area contributed by atoms with E-state index in [1.807, 2.05) is 6.07 Å². The lowest BCUT2D eigenvalue weighted by Crippen LogP contribution is -2.39. The topological polar surface area (TPSA) is 97.3 Å². The number of amides is 1. The van der Waals surface area contributed by atoms with Crippen molar-refractivity contribution >= 4 is 27.8 Å². The number of halogens is 3. The molecule has 0 aliphatic rings. The first-order valence-electron chi connectivity index (χ1n) is 11.2. The highest BCUT2D eigenvalue weighted by atomic mass is 32.2. The van der Waals surface area contributed by atoms with E-state index in [0.29, 0.717) is 5.75 Å². The molecule has 0 atom stereocenters. The van der Waals surface area contributed by atoms with E-state index in [4.69, 9.17) is 9.47 Å². The molecule has 3 rings (SSSR count). The quantitative estimate of drug-likeness (QED) is 0.309. The zero-order valence-electron chi connectivity index (χ0n) is 21.0. The predicted octanol–water partition coefficient (Wildman–Crippen LogP) is 4.69. The summed E-state index contributed by atoms with van der Waals surface area (Å²) in [5, 5.41) is 3.70. The van der Waals surface area contributed by atoms with Crippen LogP contribution in [0.25, 0.3) is 0 Å². The molecule has 8 nitrogen and oxygen atoms in total. The van der Waals surface area contributed by atoms with Crippen molar-refractivity contribution in [3.8, 4) is 11.5 Å². The van der Waals surface area contributed by atoms with Crippen LogP contribution in [0.15, 0.2) is 70.7 Å². The molecule has 0 saturated carbocycles. The van der Waals surface area contributed by atoms with Crippen LogP contribution in [0.2, 0.25) is 0 Å². The number of ether oxygens (including phenoxy) is 2. The SMILES string of the molecule is COc1ccc(S(=O)(=O)N(CC(=O)N/N=C\c2cccc(C(F)(F)F)c2)c2cc(C)cc(C)c2)cc1OC. The molecular weight excluding hydrogens is 523 g/mol. The summed E-state index contributed by atoms with van der Waals surface area (Å²) in [6, 6.07) is 13.5. The summed E-state index contributed by atoms with van der Waals surface area (Å²) in [5.41, 5.74) is 3.21. The minimum Gasteiger partial charge on any atom is -0.493 e. The van der Waals surface area contributed by atoms with Crippen LogP contribution < -0.4 is 19.2 Å². The van der Waals surface area contributed by atoms with E-state index in [2.05, 4.69) is 10.5 Å². The average Bonchev–Trinajstić information content (AvgIpc) is 2.85. The Morgan fingerprint density at radius 1 is 0.974 bits per heavy atom. The van der Waals surface area contributed by atoms with Gasteiger partial charge in [-0.1, -0.05) is 18.2 Å². The van der Waals surface area contributed by atoms with E-state index in [1.165, 1.54) is 44.6 Å². The molecule has 0 saturated heterocycles. The van der Waals surface area contributed by atoms with Gasteiger partial charge in [0, 0.05) is 6.07 Å². The Hall–Kier alpha value is -4.06. The van der Waals surface area contributed by atoms with Crippen LogP contribution in [0.1, 0.15) is 22.3 Å².